The average molecular weight is 232 g/mol. The SMILES string of the molecule is CCC(C)CC(=O)N1CCc2cccc(N)c21. The third-order valence-electron chi connectivity index (χ3n) is 3.55. The Hall–Kier alpha value is -1.51. The van der Waals surface area contributed by atoms with Gasteiger partial charge in [0.25, 0.3) is 0 Å². The van der Waals surface area contributed by atoms with Crippen LogP contribution in [0.5, 0.6) is 0 Å². The van der Waals surface area contributed by atoms with Crippen LogP contribution in [0.15, 0.2) is 18.2 Å². The van der Waals surface area contributed by atoms with Gasteiger partial charge in [-0.25, -0.2) is 0 Å². The normalized spacial score (nSPS) is 15.8. The van der Waals surface area contributed by atoms with E-state index in [0.29, 0.717) is 12.3 Å². The Bertz CT molecular complexity index is 428. The maximum absolute atomic E-state index is 12.2. The number of carbonyl (C=O) groups is 1. The molecule has 92 valence electrons. The van der Waals surface area contributed by atoms with Gasteiger partial charge in [-0.15, -0.1) is 0 Å². The van der Waals surface area contributed by atoms with Gasteiger partial charge in [0, 0.05) is 13.0 Å². The molecule has 1 aliphatic heterocycles. The van der Waals surface area contributed by atoms with Crippen LogP contribution in [0, 0.1) is 5.92 Å². The molecule has 0 fully saturated rings. The summed E-state index contributed by atoms with van der Waals surface area (Å²) in [4.78, 5) is 14.1. The minimum atomic E-state index is 0.205. The molecule has 3 nitrogen and oxygen atoms in total. The highest BCUT2D eigenvalue weighted by Crippen LogP contribution is 2.34. The predicted molar refractivity (Wildman–Crippen MR) is 71.0 cm³/mol. The zero-order chi connectivity index (χ0) is 12.4. The molecule has 0 aliphatic carbocycles. The molecule has 1 atom stereocenters. The molecule has 17 heavy (non-hydrogen) atoms. The lowest BCUT2D eigenvalue weighted by Gasteiger charge is -2.20. The van der Waals surface area contributed by atoms with Crippen molar-refractivity contribution in [3.8, 4) is 0 Å². The number of nitrogens with zero attached hydrogens (tertiary/aromatic N) is 1. The molecule has 1 amide bonds. The maximum Gasteiger partial charge on any atom is 0.227 e. The van der Waals surface area contributed by atoms with E-state index in [4.69, 9.17) is 5.73 Å². The number of rotatable bonds is 3. The van der Waals surface area contributed by atoms with Crippen LogP contribution in [-0.2, 0) is 11.2 Å². The van der Waals surface area contributed by atoms with E-state index in [1.165, 1.54) is 5.56 Å². The minimum absolute atomic E-state index is 0.205. The Kier molecular flexibility index (Phi) is 3.36. The Morgan fingerprint density at radius 1 is 1.53 bits per heavy atom. The van der Waals surface area contributed by atoms with Gasteiger partial charge in [-0.3, -0.25) is 4.79 Å². The molecule has 1 aliphatic rings. The number of fused-ring (bicyclic) bond motifs is 1. The second-order valence-electron chi connectivity index (χ2n) is 4.87. The molecule has 0 spiro atoms. The first-order valence-electron chi connectivity index (χ1n) is 6.31. The van der Waals surface area contributed by atoms with Crippen molar-refractivity contribution < 1.29 is 4.79 Å². The number of nitrogens with two attached hydrogens (primary N) is 1. The van der Waals surface area contributed by atoms with Crippen molar-refractivity contribution >= 4 is 17.3 Å². The van der Waals surface area contributed by atoms with Crippen molar-refractivity contribution in [3.63, 3.8) is 0 Å². The molecule has 1 aromatic rings. The van der Waals surface area contributed by atoms with Crippen LogP contribution >= 0.6 is 0 Å². The van der Waals surface area contributed by atoms with Gasteiger partial charge in [-0.05, 0) is 24.0 Å². The first-order chi connectivity index (χ1) is 8.13. The van der Waals surface area contributed by atoms with Crippen LogP contribution in [0.25, 0.3) is 0 Å². The highest BCUT2D eigenvalue weighted by Gasteiger charge is 2.26. The molecule has 3 heteroatoms. The van der Waals surface area contributed by atoms with Gasteiger partial charge in [0.15, 0.2) is 0 Å². The number of hydrogen-bond acceptors (Lipinski definition) is 2. The molecule has 1 aromatic carbocycles. The van der Waals surface area contributed by atoms with E-state index in [-0.39, 0.29) is 5.91 Å². The quantitative estimate of drug-likeness (QED) is 0.814. The molecule has 0 saturated carbocycles. The van der Waals surface area contributed by atoms with Gasteiger partial charge >= 0.3 is 0 Å². The van der Waals surface area contributed by atoms with Crippen molar-refractivity contribution in [2.75, 3.05) is 17.2 Å². The lowest BCUT2D eigenvalue weighted by Crippen LogP contribution is -2.30. The van der Waals surface area contributed by atoms with Gasteiger partial charge in [0.1, 0.15) is 0 Å². The first kappa shape index (κ1) is 12.0. The third-order valence-corrected chi connectivity index (χ3v) is 3.55. The van der Waals surface area contributed by atoms with E-state index in [0.717, 1.165) is 30.8 Å². The van der Waals surface area contributed by atoms with Gasteiger partial charge in [-0.2, -0.15) is 0 Å². The monoisotopic (exact) mass is 232 g/mol. The summed E-state index contributed by atoms with van der Waals surface area (Å²) in [5.74, 6) is 0.646. The number of para-hydroxylation sites is 1. The zero-order valence-corrected chi connectivity index (χ0v) is 10.6. The van der Waals surface area contributed by atoms with Crippen LogP contribution in [0.1, 0.15) is 32.3 Å². The highest BCUT2D eigenvalue weighted by atomic mass is 16.2. The van der Waals surface area contributed by atoms with Crippen molar-refractivity contribution in [1.82, 2.24) is 0 Å². The van der Waals surface area contributed by atoms with E-state index in [9.17, 15) is 4.79 Å². The number of anilines is 2. The van der Waals surface area contributed by atoms with E-state index < -0.39 is 0 Å². The molecule has 0 saturated heterocycles. The predicted octanol–water partition coefficient (Wildman–Crippen LogP) is 2.59. The Balaban J connectivity index is 2.19. The van der Waals surface area contributed by atoms with Crippen LogP contribution in [0.2, 0.25) is 0 Å². The molecule has 1 unspecified atom stereocenters. The Labute approximate surface area is 103 Å². The lowest BCUT2D eigenvalue weighted by atomic mass is 10.0. The van der Waals surface area contributed by atoms with Crippen LogP contribution < -0.4 is 10.6 Å². The molecule has 0 aromatic heterocycles. The molecule has 0 bridgehead atoms. The molecular formula is C14H20N2O. The largest absolute Gasteiger partial charge is 0.397 e. The summed E-state index contributed by atoms with van der Waals surface area (Å²) < 4.78 is 0. The number of benzene rings is 1. The fourth-order valence-electron chi connectivity index (χ4n) is 2.29. The van der Waals surface area contributed by atoms with E-state index in [1.54, 1.807) is 0 Å². The molecule has 2 N–H and O–H groups in total. The lowest BCUT2D eigenvalue weighted by molar-refractivity contribution is -0.119. The highest BCUT2D eigenvalue weighted by molar-refractivity contribution is 5.98. The Morgan fingerprint density at radius 2 is 2.29 bits per heavy atom. The standard InChI is InChI=1S/C14H20N2O/c1-3-10(2)9-13(17)16-8-7-11-5-4-6-12(15)14(11)16/h4-6,10H,3,7-9,15H2,1-2H3. The number of carbonyl (C=O) groups excluding carboxylic acids is 1. The van der Waals surface area contributed by atoms with Gasteiger partial charge in [0.2, 0.25) is 5.91 Å². The number of amides is 1. The maximum atomic E-state index is 12.2. The molecule has 1 heterocycles. The van der Waals surface area contributed by atoms with Gasteiger partial charge in [0.05, 0.1) is 11.4 Å². The van der Waals surface area contributed by atoms with Crippen molar-refractivity contribution in [2.24, 2.45) is 5.92 Å². The summed E-state index contributed by atoms with van der Waals surface area (Å²) in [5.41, 5.74) is 8.83. The van der Waals surface area contributed by atoms with Crippen LogP contribution in [0.4, 0.5) is 11.4 Å². The minimum Gasteiger partial charge on any atom is -0.397 e. The summed E-state index contributed by atoms with van der Waals surface area (Å²) in [6.07, 6.45) is 2.58. The number of nitrogen functional groups attached to an aromatic ring is 1. The van der Waals surface area contributed by atoms with Crippen molar-refractivity contribution in [2.45, 2.75) is 33.1 Å². The summed E-state index contributed by atoms with van der Waals surface area (Å²) in [7, 11) is 0. The zero-order valence-electron chi connectivity index (χ0n) is 10.6. The topological polar surface area (TPSA) is 46.3 Å². The van der Waals surface area contributed by atoms with E-state index in [1.807, 2.05) is 17.0 Å². The summed E-state index contributed by atoms with van der Waals surface area (Å²) in [6.45, 7) is 5.01. The van der Waals surface area contributed by atoms with E-state index >= 15 is 0 Å². The first-order valence-corrected chi connectivity index (χ1v) is 6.31. The summed E-state index contributed by atoms with van der Waals surface area (Å²) >= 11 is 0. The number of hydrogen-bond donors (Lipinski definition) is 1. The fraction of sp³-hybridized carbons (Fsp3) is 0.500. The smallest absolute Gasteiger partial charge is 0.227 e. The van der Waals surface area contributed by atoms with Gasteiger partial charge < -0.3 is 10.6 Å². The van der Waals surface area contributed by atoms with Gasteiger partial charge in [-0.1, -0.05) is 32.4 Å². The summed E-state index contributed by atoms with van der Waals surface area (Å²) in [6, 6.07) is 5.88. The Morgan fingerprint density at radius 3 is 3.00 bits per heavy atom. The van der Waals surface area contributed by atoms with Crippen LogP contribution in [0.3, 0.4) is 0 Å². The van der Waals surface area contributed by atoms with Crippen LogP contribution in [-0.4, -0.2) is 12.5 Å². The average Bonchev–Trinajstić information content (AvgIpc) is 2.74. The molecule has 0 radical (unpaired) electrons. The van der Waals surface area contributed by atoms with E-state index in [2.05, 4.69) is 19.9 Å². The molecular weight excluding hydrogens is 212 g/mol. The second-order valence-corrected chi connectivity index (χ2v) is 4.87. The fourth-order valence-corrected chi connectivity index (χ4v) is 2.29. The summed E-state index contributed by atoms with van der Waals surface area (Å²) in [5, 5.41) is 0. The second kappa shape index (κ2) is 4.78. The third kappa shape index (κ3) is 2.28. The van der Waals surface area contributed by atoms with Crippen molar-refractivity contribution in [1.29, 1.82) is 0 Å². The molecule has 2 rings (SSSR count). The van der Waals surface area contributed by atoms with Crippen molar-refractivity contribution in [3.05, 3.63) is 23.8 Å².